The quantitative estimate of drug-likeness (QED) is 0.871. The maximum atomic E-state index is 11.8. The van der Waals surface area contributed by atoms with Gasteiger partial charge in [-0.1, -0.05) is 30.3 Å². The van der Waals surface area contributed by atoms with Crippen LogP contribution in [0.4, 0.5) is 16.2 Å². The number of nitrogens with one attached hydrogen (secondary N) is 1. The lowest BCUT2D eigenvalue weighted by Crippen LogP contribution is -2.33. The normalized spacial score (nSPS) is 11.9. The summed E-state index contributed by atoms with van der Waals surface area (Å²) in [6.07, 6.45) is -0.647. The van der Waals surface area contributed by atoms with Crippen LogP contribution in [-0.2, 0) is 4.74 Å². The van der Waals surface area contributed by atoms with Crippen molar-refractivity contribution in [2.24, 2.45) is 0 Å². The number of carbonyl (C=O) groups is 1. The second-order valence-corrected chi connectivity index (χ2v) is 5.28. The highest BCUT2D eigenvalue weighted by atomic mass is 16.6. The third-order valence-corrected chi connectivity index (χ3v) is 3.36. The summed E-state index contributed by atoms with van der Waals surface area (Å²) in [5.74, 6) is 0.722. The second kappa shape index (κ2) is 5.60. The molecule has 0 saturated heterocycles. The molecule has 0 unspecified atom stereocenters. The average molecular weight is 298 g/mol. The fourth-order valence-corrected chi connectivity index (χ4v) is 2.42. The molecule has 114 valence electrons. The van der Waals surface area contributed by atoms with E-state index < -0.39 is 6.09 Å². The lowest BCUT2D eigenvalue weighted by atomic mass is 10.1. The van der Waals surface area contributed by atoms with Crippen molar-refractivity contribution in [1.82, 2.24) is 5.43 Å². The van der Waals surface area contributed by atoms with Gasteiger partial charge in [-0.2, -0.15) is 0 Å². The molecule has 0 spiro atoms. The van der Waals surface area contributed by atoms with Gasteiger partial charge in [-0.25, -0.2) is 15.2 Å². The molecule has 3 rings (SSSR count). The van der Waals surface area contributed by atoms with E-state index in [1.807, 2.05) is 56.3 Å². The van der Waals surface area contributed by atoms with Gasteiger partial charge in [0, 0.05) is 5.56 Å². The smallest absolute Gasteiger partial charge is 0.426 e. The highest BCUT2D eigenvalue weighted by molar-refractivity contribution is 6.07. The van der Waals surface area contributed by atoms with E-state index in [-0.39, 0.29) is 6.10 Å². The van der Waals surface area contributed by atoms with Gasteiger partial charge in [-0.15, -0.1) is 0 Å². The van der Waals surface area contributed by atoms with E-state index >= 15 is 0 Å². The maximum Gasteiger partial charge on any atom is 0.426 e. The van der Waals surface area contributed by atoms with Gasteiger partial charge in [0.1, 0.15) is 17.1 Å². The van der Waals surface area contributed by atoms with Crippen molar-refractivity contribution in [2.75, 3.05) is 12.1 Å². The van der Waals surface area contributed by atoms with Crippen LogP contribution in [0.25, 0.3) is 11.1 Å². The summed E-state index contributed by atoms with van der Waals surface area (Å²) in [6.45, 7) is 3.62. The van der Waals surface area contributed by atoms with Crippen LogP contribution in [0.15, 0.2) is 42.5 Å². The Labute approximate surface area is 129 Å². The number of methoxy groups -OCH3 is 1. The molecule has 1 aliphatic rings. The predicted octanol–water partition coefficient (Wildman–Crippen LogP) is 3.86. The van der Waals surface area contributed by atoms with Crippen LogP contribution in [0.5, 0.6) is 5.75 Å². The minimum absolute atomic E-state index is 0.168. The summed E-state index contributed by atoms with van der Waals surface area (Å²) >= 11 is 0. The largest absolute Gasteiger partial charge is 0.494 e. The molecule has 5 heteroatoms. The molecular weight excluding hydrogens is 280 g/mol. The van der Waals surface area contributed by atoms with Crippen LogP contribution in [0.1, 0.15) is 13.8 Å². The topological polar surface area (TPSA) is 50.6 Å². The van der Waals surface area contributed by atoms with Crippen LogP contribution >= 0.6 is 0 Å². The monoisotopic (exact) mass is 298 g/mol. The number of carbonyl (C=O) groups excluding carboxylic acids is 1. The molecule has 0 atom stereocenters. The molecule has 2 aromatic rings. The maximum absolute atomic E-state index is 11.8. The number of rotatable bonds is 4. The van der Waals surface area contributed by atoms with Gasteiger partial charge in [-0.05, 0) is 31.5 Å². The van der Waals surface area contributed by atoms with Crippen molar-refractivity contribution in [3.05, 3.63) is 42.5 Å². The third-order valence-electron chi connectivity index (χ3n) is 3.36. The van der Waals surface area contributed by atoms with E-state index in [1.54, 1.807) is 12.1 Å². The Balaban J connectivity index is 1.89. The number of hydrogen-bond donors (Lipinski definition) is 1. The Kier molecular flexibility index (Phi) is 3.63. The van der Waals surface area contributed by atoms with Crippen LogP contribution < -0.4 is 15.2 Å². The molecule has 22 heavy (non-hydrogen) atoms. The molecule has 0 bridgehead atoms. The first kappa shape index (κ1) is 14.3. The SMILES string of the molecule is COc1ccc(-c2ccccc2)c2c1N2NC(=O)OC(C)C. The van der Waals surface area contributed by atoms with E-state index in [1.165, 1.54) is 0 Å². The fourth-order valence-electron chi connectivity index (χ4n) is 2.42. The molecular formula is C17H18N2O3. The van der Waals surface area contributed by atoms with Crippen molar-refractivity contribution >= 4 is 17.5 Å². The molecule has 0 aromatic heterocycles. The first-order valence-corrected chi connectivity index (χ1v) is 7.15. The molecule has 0 fully saturated rings. The molecule has 1 amide bonds. The number of fused-ring (bicyclic) bond motifs is 1. The first-order chi connectivity index (χ1) is 10.6. The van der Waals surface area contributed by atoms with E-state index in [0.717, 1.165) is 28.3 Å². The Morgan fingerprint density at radius 2 is 1.82 bits per heavy atom. The van der Waals surface area contributed by atoms with Gasteiger partial charge in [-0.3, -0.25) is 0 Å². The van der Waals surface area contributed by atoms with Crippen molar-refractivity contribution in [2.45, 2.75) is 20.0 Å². The van der Waals surface area contributed by atoms with Crippen molar-refractivity contribution in [3.63, 3.8) is 0 Å². The van der Waals surface area contributed by atoms with Gasteiger partial charge in [0.2, 0.25) is 0 Å². The van der Waals surface area contributed by atoms with E-state index in [2.05, 4.69) is 5.43 Å². The summed E-state index contributed by atoms with van der Waals surface area (Å²) in [6, 6.07) is 13.9. The first-order valence-electron chi connectivity index (χ1n) is 7.15. The molecule has 0 aliphatic carbocycles. The van der Waals surface area contributed by atoms with Crippen molar-refractivity contribution in [1.29, 1.82) is 0 Å². The van der Waals surface area contributed by atoms with E-state index in [0.29, 0.717) is 0 Å². The van der Waals surface area contributed by atoms with Gasteiger partial charge in [0.15, 0.2) is 0 Å². The molecule has 5 nitrogen and oxygen atoms in total. The minimum atomic E-state index is -0.479. The molecule has 1 N–H and O–H groups in total. The molecule has 2 aromatic carbocycles. The highest BCUT2D eigenvalue weighted by Crippen LogP contribution is 2.57. The number of benzene rings is 2. The van der Waals surface area contributed by atoms with Gasteiger partial charge in [0.05, 0.1) is 13.2 Å². The minimum Gasteiger partial charge on any atom is -0.494 e. The number of hydrazine groups is 1. The molecule has 1 heterocycles. The van der Waals surface area contributed by atoms with Gasteiger partial charge >= 0.3 is 6.09 Å². The van der Waals surface area contributed by atoms with Crippen molar-refractivity contribution < 1.29 is 14.3 Å². The number of hydrogen-bond acceptors (Lipinski definition) is 4. The molecule has 0 radical (unpaired) electrons. The average Bonchev–Trinajstić information content (AvgIpc) is 3.20. The van der Waals surface area contributed by atoms with Crippen LogP contribution in [-0.4, -0.2) is 19.3 Å². The Morgan fingerprint density at radius 1 is 1.09 bits per heavy atom. The fraction of sp³-hybridized carbons (Fsp3) is 0.235. The van der Waals surface area contributed by atoms with Crippen molar-refractivity contribution in [3.8, 4) is 16.9 Å². The number of amides is 1. The Bertz CT molecular complexity index is 699. The van der Waals surface area contributed by atoms with Crippen LogP contribution in [0.3, 0.4) is 0 Å². The summed E-state index contributed by atoms with van der Waals surface area (Å²) in [5.41, 5.74) is 6.66. The van der Waals surface area contributed by atoms with E-state index in [9.17, 15) is 4.79 Å². The van der Waals surface area contributed by atoms with Gasteiger partial charge < -0.3 is 9.47 Å². The van der Waals surface area contributed by atoms with Crippen LogP contribution in [0.2, 0.25) is 0 Å². The van der Waals surface area contributed by atoms with Crippen LogP contribution in [0, 0.1) is 0 Å². The lowest BCUT2D eigenvalue weighted by Gasteiger charge is -2.10. The van der Waals surface area contributed by atoms with Gasteiger partial charge in [0.25, 0.3) is 0 Å². The zero-order valence-corrected chi connectivity index (χ0v) is 12.8. The Hall–Kier alpha value is -2.69. The standard InChI is InChI=1S/C17H18N2O3/c1-11(2)22-17(20)18-19-15-13(12-7-5-4-6-8-12)9-10-14(21-3)16(15)19/h4-11H,1-3H3,(H,18,20). The zero-order chi connectivity index (χ0) is 15.7. The summed E-state index contributed by atoms with van der Waals surface area (Å²) in [4.78, 5) is 11.8. The summed E-state index contributed by atoms with van der Waals surface area (Å²) in [5, 5.41) is 1.70. The lowest BCUT2D eigenvalue weighted by molar-refractivity contribution is 0.116. The molecule has 0 saturated carbocycles. The molecule has 1 aliphatic heterocycles. The summed E-state index contributed by atoms with van der Waals surface area (Å²) in [7, 11) is 1.61. The van der Waals surface area contributed by atoms with E-state index in [4.69, 9.17) is 9.47 Å². The summed E-state index contributed by atoms with van der Waals surface area (Å²) < 4.78 is 10.5. The third kappa shape index (κ3) is 2.57. The number of ether oxygens (including phenoxy) is 2. The number of nitrogens with zero attached hydrogens (tertiary/aromatic N) is 1. The second-order valence-electron chi connectivity index (χ2n) is 5.28. The zero-order valence-electron chi connectivity index (χ0n) is 12.8. The highest BCUT2D eigenvalue weighted by Gasteiger charge is 2.39. The number of anilines is 2. The predicted molar refractivity (Wildman–Crippen MR) is 85.3 cm³/mol. The Morgan fingerprint density at radius 3 is 2.45 bits per heavy atom.